The van der Waals surface area contributed by atoms with Crippen molar-refractivity contribution in [1.82, 2.24) is 0 Å². The molecule has 1 aromatic rings. The number of esters is 1. The number of fused-ring (bicyclic) bond motifs is 1. The predicted molar refractivity (Wildman–Crippen MR) is 223 cm³/mol. The summed E-state index contributed by atoms with van der Waals surface area (Å²) in [5, 5.41) is 2.46. The van der Waals surface area contributed by atoms with E-state index < -0.39 is 16.6 Å². The van der Waals surface area contributed by atoms with E-state index in [1.54, 1.807) is 16.9 Å². The van der Waals surface area contributed by atoms with Crippen LogP contribution in [0.25, 0.3) is 0 Å². The number of allylic oxidation sites excluding steroid dienone is 3. The highest BCUT2D eigenvalue weighted by atomic mass is 32.1. The van der Waals surface area contributed by atoms with Crippen LogP contribution in [0.2, 0.25) is 36.3 Å². The van der Waals surface area contributed by atoms with Gasteiger partial charge in [0.15, 0.2) is 16.6 Å². The largest absolute Gasteiger partial charge is 0.457 e. The molecular formula is C44H74O4SSi2. The summed E-state index contributed by atoms with van der Waals surface area (Å²) in [6.07, 6.45) is 16.4. The molecule has 0 radical (unpaired) electrons. The summed E-state index contributed by atoms with van der Waals surface area (Å²) in [4.78, 5) is 13.1. The van der Waals surface area contributed by atoms with Crippen LogP contribution in [0.15, 0.2) is 46.9 Å². The van der Waals surface area contributed by atoms with Crippen LogP contribution in [0.5, 0.6) is 0 Å². The minimum Gasteiger partial charge on any atom is -0.457 e. The van der Waals surface area contributed by atoms with Gasteiger partial charge in [-0.1, -0.05) is 86.1 Å². The van der Waals surface area contributed by atoms with Gasteiger partial charge in [0.25, 0.3) is 0 Å². The number of rotatable bonds is 12. The standard InChI is InChI=1S/C44H74O4SSi2/c1-30-26-41(49-29-30)39(46-33(4)45)20-16-18-31(2)37-23-24-38-34(19-17-25-44(37,38)11)21-22-35-27-36(47-50(12,13)42(5,6)7)28-40(32(35)3)48-51(14,15)43(8,9)10/h21-22,26,29,31,36-40H,3,16-20,23-25,27-28H2,1-2,4-15H3/b34-21+,35-22-/t31-,36-,37-,38+,39?,40+,44-/m1/s1. The quantitative estimate of drug-likeness (QED) is 0.157. The Hall–Kier alpha value is -1.26. The average molecular weight is 755 g/mol. The lowest BCUT2D eigenvalue weighted by molar-refractivity contribution is -0.147. The molecule has 4 rings (SSSR count). The van der Waals surface area contributed by atoms with Crippen LogP contribution in [-0.4, -0.2) is 34.8 Å². The van der Waals surface area contributed by atoms with Crippen LogP contribution in [-0.2, 0) is 18.4 Å². The fourth-order valence-electron chi connectivity index (χ4n) is 8.89. The first kappa shape index (κ1) is 42.5. The van der Waals surface area contributed by atoms with E-state index >= 15 is 0 Å². The van der Waals surface area contributed by atoms with Gasteiger partial charge in [-0.15, -0.1) is 11.3 Å². The molecule has 0 aromatic carbocycles. The Bertz CT molecular complexity index is 1440. The number of thiophene rings is 1. The molecule has 0 spiro atoms. The first-order valence-electron chi connectivity index (χ1n) is 20.1. The van der Waals surface area contributed by atoms with Gasteiger partial charge in [-0.05, 0) is 146 Å². The molecule has 4 nitrogen and oxygen atoms in total. The number of ether oxygens (including phenoxy) is 1. The van der Waals surface area contributed by atoms with E-state index in [0.717, 1.165) is 31.6 Å². The molecule has 288 valence electrons. The fraction of sp³-hybridized carbons (Fsp3) is 0.750. The van der Waals surface area contributed by atoms with E-state index in [1.807, 2.05) is 0 Å². The minimum atomic E-state index is -2.00. The van der Waals surface area contributed by atoms with Crippen molar-refractivity contribution in [3.8, 4) is 0 Å². The van der Waals surface area contributed by atoms with Crippen LogP contribution >= 0.6 is 11.3 Å². The second kappa shape index (κ2) is 16.2. The van der Waals surface area contributed by atoms with Crippen molar-refractivity contribution < 1.29 is 18.4 Å². The molecule has 0 aliphatic heterocycles. The highest BCUT2D eigenvalue weighted by Crippen LogP contribution is 2.60. The summed E-state index contributed by atoms with van der Waals surface area (Å²) in [6.45, 7) is 37.0. The zero-order chi connectivity index (χ0) is 38.2. The van der Waals surface area contributed by atoms with E-state index in [0.29, 0.717) is 17.3 Å². The maximum Gasteiger partial charge on any atom is 0.303 e. The summed E-state index contributed by atoms with van der Waals surface area (Å²) in [5.74, 6) is 1.84. The maximum atomic E-state index is 11.9. The third-order valence-corrected chi connectivity index (χ3v) is 24.1. The van der Waals surface area contributed by atoms with Crippen molar-refractivity contribution in [2.45, 2.75) is 188 Å². The lowest BCUT2D eigenvalue weighted by Crippen LogP contribution is -2.49. The van der Waals surface area contributed by atoms with Crippen LogP contribution in [0.4, 0.5) is 0 Å². The monoisotopic (exact) mass is 754 g/mol. The molecule has 0 N–H and O–H groups in total. The molecular weight excluding hydrogens is 681 g/mol. The Morgan fingerprint density at radius 2 is 1.69 bits per heavy atom. The van der Waals surface area contributed by atoms with Gasteiger partial charge in [0.1, 0.15) is 6.10 Å². The molecule has 1 aromatic heterocycles. The second-order valence-electron chi connectivity index (χ2n) is 19.9. The first-order valence-corrected chi connectivity index (χ1v) is 26.8. The van der Waals surface area contributed by atoms with E-state index in [1.165, 1.54) is 67.0 Å². The van der Waals surface area contributed by atoms with Crippen molar-refractivity contribution in [1.29, 1.82) is 0 Å². The van der Waals surface area contributed by atoms with Crippen LogP contribution in [0.1, 0.15) is 143 Å². The van der Waals surface area contributed by atoms with Gasteiger partial charge in [-0.2, -0.15) is 0 Å². The van der Waals surface area contributed by atoms with Gasteiger partial charge in [-0.25, -0.2) is 0 Å². The van der Waals surface area contributed by atoms with Gasteiger partial charge >= 0.3 is 5.97 Å². The number of hydrogen-bond donors (Lipinski definition) is 0. The Balaban J connectivity index is 1.51. The summed E-state index contributed by atoms with van der Waals surface area (Å²) >= 11 is 1.72. The highest BCUT2D eigenvalue weighted by molar-refractivity contribution is 7.10. The van der Waals surface area contributed by atoms with Crippen molar-refractivity contribution in [2.75, 3.05) is 0 Å². The molecule has 7 heteroatoms. The molecule has 0 bridgehead atoms. The molecule has 7 atom stereocenters. The molecule has 0 amide bonds. The second-order valence-corrected chi connectivity index (χ2v) is 30.3. The van der Waals surface area contributed by atoms with E-state index in [-0.39, 0.29) is 34.4 Å². The van der Waals surface area contributed by atoms with Gasteiger partial charge in [0.05, 0.1) is 12.2 Å². The van der Waals surface area contributed by atoms with E-state index in [4.69, 9.17) is 20.2 Å². The van der Waals surface area contributed by atoms with Gasteiger partial charge in [-0.3, -0.25) is 4.79 Å². The maximum absolute atomic E-state index is 11.9. The molecule has 3 aliphatic rings. The Morgan fingerprint density at radius 1 is 1.04 bits per heavy atom. The first-order chi connectivity index (χ1) is 23.4. The third-order valence-electron chi connectivity index (χ3n) is 14.0. The SMILES string of the molecule is C=C1/C(=C\C=C2/CCC[C@]3(C)[C@@H]([C@H](C)CCCC(OC(C)=O)c4cc(C)cs4)CC[C@@H]23)C[C@@H](O[Si](C)(C)C(C)(C)C)C[C@@H]1O[Si](C)(C)C(C)(C)C. The summed E-state index contributed by atoms with van der Waals surface area (Å²) in [5.41, 5.74) is 5.74. The van der Waals surface area contributed by atoms with Crippen LogP contribution in [0, 0.1) is 30.1 Å². The van der Waals surface area contributed by atoms with Crippen LogP contribution in [0.3, 0.4) is 0 Å². The minimum absolute atomic E-state index is 0.0108. The van der Waals surface area contributed by atoms with Gasteiger partial charge in [0, 0.05) is 18.2 Å². The van der Waals surface area contributed by atoms with Gasteiger partial charge in [0.2, 0.25) is 0 Å². The topological polar surface area (TPSA) is 44.8 Å². The summed E-state index contributed by atoms with van der Waals surface area (Å²) in [7, 11) is -3.95. The molecule has 0 saturated heterocycles. The Labute approximate surface area is 319 Å². The highest BCUT2D eigenvalue weighted by Gasteiger charge is 2.51. The number of hydrogen-bond acceptors (Lipinski definition) is 5. The number of carbonyl (C=O) groups is 1. The Morgan fingerprint density at radius 3 is 2.27 bits per heavy atom. The number of aryl methyl sites for hydroxylation is 1. The van der Waals surface area contributed by atoms with E-state index in [2.05, 4.69) is 112 Å². The zero-order valence-electron chi connectivity index (χ0n) is 35.1. The molecule has 3 saturated carbocycles. The van der Waals surface area contributed by atoms with Gasteiger partial charge < -0.3 is 13.6 Å². The van der Waals surface area contributed by atoms with Crippen molar-refractivity contribution in [3.05, 3.63) is 57.3 Å². The number of carbonyl (C=O) groups excluding carboxylic acids is 1. The molecule has 1 heterocycles. The molecule has 3 fully saturated rings. The lowest BCUT2D eigenvalue weighted by atomic mass is 9.60. The molecule has 3 aliphatic carbocycles. The third kappa shape index (κ3) is 10.1. The summed E-state index contributed by atoms with van der Waals surface area (Å²) in [6, 6.07) is 2.18. The predicted octanol–water partition coefficient (Wildman–Crippen LogP) is 13.7. The molecule has 1 unspecified atom stereocenters. The van der Waals surface area contributed by atoms with E-state index in [9.17, 15) is 4.79 Å². The zero-order valence-corrected chi connectivity index (χ0v) is 37.9. The average Bonchev–Trinajstić information content (AvgIpc) is 3.58. The van der Waals surface area contributed by atoms with Crippen molar-refractivity contribution in [3.63, 3.8) is 0 Å². The van der Waals surface area contributed by atoms with Crippen molar-refractivity contribution in [2.24, 2.45) is 23.2 Å². The normalized spacial score (nSPS) is 29.3. The summed E-state index contributed by atoms with van der Waals surface area (Å²) < 4.78 is 20.0. The smallest absolute Gasteiger partial charge is 0.303 e. The fourth-order valence-corrected chi connectivity index (χ4v) is 12.5. The molecule has 51 heavy (non-hydrogen) atoms. The van der Waals surface area contributed by atoms with Crippen LogP contribution < -0.4 is 0 Å². The van der Waals surface area contributed by atoms with Crippen molar-refractivity contribution >= 4 is 33.9 Å². The lowest BCUT2D eigenvalue weighted by Gasteiger charge is -2.46. The Kier molecular flexibility index (Phi) is 13.5.